The van der Waals surface area contributed by atoms with Gasteiger partial charge < -0.3 is 19.7 Å². The Kier molecular flexibility index (Phi) is 7.98. The molecule has 1 fully saturated rings. The Bertz CT molecular complexity index is 1270. The zero-order chi connectivity index (χ0) is 25.8. The lowest BCUT2D eigenvalue weighted by Gasteiger charge is -2.36. The van der Waals surface area contributed by atoms with Crippen molar-refractivity contribution in [3.8, 4) is 0 Å². The molecular formula is C28H28ClN3O4S. The molecule has 2 aromatic rings. The Hall–Kier alpha value is -3.07. The van der Waals surface area contributed by atoms with Gasteiger partial charge in [-0.3, -0.25) is 4.79 Å². The molecule has 5 rings (SSSR count). The third kappa shape index (κ3) is 5.76. The number of nitrogens with zero attached hydrogens (tertiary/aromatic N) is 2. The number of carbonyl (C=O) groups excluding carboxylic acids is 2. The monoisotopic (exact) mass is 537 g/mol. The number of allylic oxidation sites excluding steroid dienone is 1. The number of amides is 1. The first-order chi connectivity index (χ1) is 18.0. The van der Waals surface area contributed by atoms with Gasteiger partial charge in [-0.1, -0.05) is 71.9 Å². The van der Waals surface area contributed by atoms with Crippen molar-refractivity contribution in [1.29, 1.82) is 0 Å². The van der Waals surface area contributed by atoms with Crippen molar-refractivity contribution >= 4 is 40.4 Å². The summed E-state index contributed by atoms with van der Waals surface area (Å²) in [6.45, 7) is 3.18. The normalized spacial score (nSPS) is 20.9. The van der Waals surface area contributed by atoms with E-state index in [1.807, 2.05) is 58.8 Å². The second-order valence-corrected chi connectivity index (χ2v) is 10.3. The minimum atomic E-state index is -0.573. The zero-order valence-electron chi connectivity index (χ0n) is 20.5. The fourth-order valence-electron chi connectivity index (χ4n) is 4.68. The molecule has 3 aliphatic rings. The number of halogens is 1. The van der Waals surface area contributed by atoms with Crippen LogP contribution in [0.15, 0.2) is 82.0 Å². The quantitative estimate of drug-likeness (QED) is 0.458. The van der Waals surface area contributed by atoms with Crippen LogP contribution in [0.2, 0.25) is 5.02 Å². The number of nitrogens with one attached hydrogen (secondary N) is 1. The Labute approximate surface area is 225 Å². The van der Waals surface area contributed by atoms with E-state index in [1.54, 1.807) is 13.0 Å². The molecule has 0 aliphatic carbocycles. The summed E-state index contributed by atoms with van der Waals surface area (Å²) >= 11 is 8.09. The molecule has 1 saturated heterocycles. The highest BCUT2D eigenvalue weighted by Crippen LogP contribution is 2.46. The summed E-state index contributed by atoms with van der Waals surface area (Å²) in [6.07, 6.45) is 2.18. The fourth-order valence-corrected chi connectivity index (χ4v) is 5.89. The number of aliphatic imine (C=N–C) groups is 1. The number of benzene rings is 2. The number of hydrogen-bond acceptors (Lipinski definition) is 7. The number of thioether (sulfide) groups is 1. The van der Waals surface area contributed by atoms with Crippen LogP contribution < -0.4 is 5.32 Å². The molecule has 2 aromatic carbocycles. The second kappa shape index (κ2) is 11.5. The molecule has 1 amide bonds. The van der Waals surface area contributed by atoms with Crippen LogP contribution in [0.3, 0.4) is 0 Å². The highest BCUT2D eigenvalue weighted by Gasteiger charge is 2.42. The molecule has 0 saturated carbocycles. The molecule has 3 heterocycles. The number of ether oxygens (including phenoxy) is 2. The predicted molar refractivity (Wildman–Crippen MR) is 145 cm³/mol. The fraction of sp³-hybridized carbons (Fsp3) is 0.321. The summed E-state index contributed by atoms with van der Waals surface area (Å²) in [5.74, 6) is -0.575. The minimum Gasteiger partial charge on any atom is -0.457 e. The molecule has 2 atom stereocenters. The van der Waals surface area contributed by atoms with Gasteiger partial charge in [0.25, 0.3) is 0 Å². The van der Waals surface area contributed by atoms with Crippen LogP contribution in [0.1, 0.15) is 43.4 Å². The lowest BCUT2D eigenvalue weighted by molar-refractivity contribution is -0.141. The molecular weight excluding hydrogens is 510 g/mol. The van der Waals surface area contributed by atoms with Gasteiger partial charge in [0.1, 0.15) is 6.61 Å². The van der Waals surface area contributed by atoms with Crippen LogP contribution in [0.25, 0.3) is 0 Å². The molecule has 9 heteroatoms. The van der Waals surface area contributed by atoms with Gasteiger partial charge in [-0.25, -0.2) is 9.79 Å². The Morgan fingerprint density at radius 2 is 1.97 bits per heavy atom. The van der Waals surface area contributed by atoms with E-state index in [4.69, 9.17) is 26.1 Å². The minimum absolute atomic E-state index is 0.0652. The van der Waals surface area contributed by atoms with Crippen molar-refractivity contribution in [3.63, 3.8) is 0 Å². The third-order valence-corrected chi connectivity index (χ3v) is 7.76. The number of hydrogen-bond donors (Lipinski definition) is 1. The first kappa shape index (κ1) is 25.6. The highest BCUT2D eigenvalue weighted by atomic mass is 35.5. The largest absolute Gasteiger partial charge is 0.457 e. The zero-order valence-corrected chi connectivity index (χ0v) is 22.1. The Morgan fingerprint density at radius 1 is 1.19 bits per heavy atom. The van der Waals surface area contributed by atoms with E-state index >= 15 is 0 Å². The molecule has 0 radical (unpaired) electrons. The van der Waals surface area contributed by atoms with E-state index in [-0.39, 0.29) is 25.0 Å². The highest BCUT2D eigenvalue weighted by molar-refractivity contribution is 8.16. The lowest BCUT2D eigenvalue weighted by atomic mass is 9.93. The predicted octanol–water partition coefficient (Wildman–Crippen LogP) is 5.34. The van der Waals surface area contributed by atoms with Gasteiger partial charge in [-0.05, 0) is 42.4 Å². The van der Waals surface area contributed by atoms with Crippen LogP contribution in [0, 0.1) is 0 Å². The molecule has 37 heavy (non-hydrogen) atoms. The van der Waals surface area contributed by atoms with Gasteiger partial charge in [-0.2, -0.15) is 0 Å². The van der Waals surface area contributed by atoms with E-state index in [1.165, 1.54) is 11.8 Å². The molecule has 192 valence electrons. The van der Waals surface area contributed by atoms with Crippen LogP contribution in [-0.4, -0.2) is 41.2 Å². The van der Waals surface area contributed by atoms with Gasteiger partial charge in [0, 0.05) is 23.9 Å². The van der Waals surface area contributed by atoms with E-state index in [0.29, 0.717) is 28.0 Å². The van der Waals surface area contributed by atoms with Crippen molar-refractivity contribution < 1.29 is 19.1 Å². The molecule has 3 aliphatic heterocycles. The molecule has 0 spiro atoms. The van der Waals surface area contributed by atoms with Crippen LogP contribution in [0.5, 0.6) is 0 Å². The maximum atomic E-state index is 13.5. The molecule has 0 aromatic heterocycles. The molecule has 7 nitrogen and oxygen atoms in total. The third-order valence-electron chi connectivity index (χ3n) is 6.53. The maximum Gasteiger partial charge on any atom is 0.338 e. The average Bonchev–Trinajstić information content (AvgIpc) is 3.56. The Balaban J connectivity index is 1.40. The van der Waals surface area contributed by atoms with Gasteiger partial charge in [-0.15, -0.1) is 0 Å². The molecule has 0 bridgehead atoms. The van der Waals surface area contributed by atoms with Crippen molar-refractivity contribution in [2.24, 2.45) is 4.99 Å². The van der Waals surface area contributed by atoms with Crippen LogP contribution in [-0.2, 0) is 25.7 Å². The van der Waals surface area contributed by atoms with Crippen molar-refractivity contribution in [3.05, 3.63) is 93.1 Å². The average molecular weight is 538 g/mol. The maximum absolute atomic E-state index is 13.5. The summed E-state index contributed by atoms with van der Waals surface area (Å²) in [5.41, 5.74) is 3.36. The van der Waals surface area contributed by atoms with E-state index in [0.717, 1.165) is 36.3 Å². The summed E-state index contributed by atoms with van der Waals surface area (Å²) < 4.78 is 11.4. The number of rotatable bonds is 8. The van der Waals surface area contributed by atoms with Crippen molar-refractivity contribution in [2.75, 3.05) is 13.2 Å². The van der Waals surface area contributed by atoms with Crippen LogP contribution >= 0.6 is 23.4 Å². The van der Waals surface area contributed by atoms with Crippen molar-refractivity contribution in [1.82, 2.24) is 10.2 Å². The SMILES string of the molecule is CC1=C(C(=O)OCc2ccccc2)[C@@H](c2ccccc2Cl)N2C(CC(=O)NC[C@@H]3CCCO3)=CSC2=N1. The van der Waals surface area contributed by atoms with Gasteiger partial charge in [0.15, 0.2) is 5.17 Å². The smallest absolute Gasteiger partial charge is 0.338 e. The van der Waals surface area contributed by atoms with E-state index < -0.39 is 12.0 Å². The first-order valence-corrected chi connectivity index (χ1v) is 13.5. The topological polar surface area (TPSA) is 80.2 Å². The standard InChI is InChI=1S/C28H28ClN3O4S/c1-18-25(27(34)36-16-19-8-3-2-4-9-19)26(22-11-5-6-12-23(22)29)32-20(17-37-28(32)31-18)14-24(33)30-15-21-10-7-13-35-21/h2-6,8-9,11-12,17,21,26H,7,10,13-16H2,1H3,(H,30,33)/t21-,26+/m0/s1. The summed E-state index contributed by atoms with van der Waals surface area (Å²) in [5, 5.41) is 6.12. The van der Waals surface area contributed by atoms with Gasteiger partial charge >= 0.3 is 5.97 Å². The second-order valence-electron chi connectivity index (χ2n) is 9.09. The van der Waals surface area contributed by atoms with E-state index in [9.17, 15) is 9.59 Å². The first-order valence-electron chi connectivity index (χ1n) is 12.3. The van der Waals surface area contributed by atoms with Gasteiger partial charge in [0.2, 0.25) is 5.91 Å². The number of carbonyl (C=O) groups is 2. The number of esters is 1. The molecule has 1 N–H and O–H groups in total. The van der Waals surface area contributed by atoms with Crippen LogP contribution in [0.4, 0.5) is 0 Å². The summed E-state index contributed by atoms with van der Waals surface area (Å²) in [4.78, 5) is 33.0. The number of amidine groups is 1. The molecule has 0 unspecified atom stereocenters. The van der Waals surface area contributed by atoms with Gasteiger partial charge in [0.05, 0.1) is 29.8 Å². The van der Waals surface area contributed by atoms with Crippen molar-refractivity contribution in [2.45, 2.75) is 44.9 Å². The Morgan fingerprint density at radius 3 is 2.73 bits per heavy atom. The van der Waals surface area contributed by atoms with E-state index in [2.05, 4.69) is 5.32 Å². The number of fused-ring (bicyclic) bond motifs is 1. The lowest BCUT2D eigenvalue weighted by Crippen LogP contribution is -2.39. The summed E-state index contributed by atoms with van der Waals surface area (Å²) in [6, 6.07) is 16.4. The summed E-state index contributed by atoms with van der Waals surface area (Å²) in [7, 11) is 0.